The minimum atomic E-state index is 0.378. The topological polar surface area (TPSA) is 50.9 Å². The zero-order chi connectivity index (χ0) is 14.8. The summed E-state index contributed by atoms with van der Waals surface area (Å²) in [5.41, 5.74) is 8.46. The molecule has 0 aliphatic carbocycles. The van der Waals surface area contributed by atoms with Crippen molar-refractivity contribution in [3.05, 3.63) is 64.9 Å². The summed E-state index contributed by atoms with van der Waals surface area (Å²) in [5.74, 6) is 0. The van der Waals surface area contributed by atoms with Gasteiger partial charge in [-0.2, -0.15) is 0 Å². The van der Waals surface area contributed by atoms with Crippen molar-refractivity contribution in [2.75, 3.05) is 5.32 Å². The number of pyridine rings is 1. The van der Waals surface area contributed by atoms with Crippen molar-refractivity contribution in [2.24, 2.45) is 5.73 Å². The van der Waals surface area contributed by atoms with Gasteiger partial charge in [-0.15, -0.1) is 0 Å². The van der Waals surface area contributed by atoms with E-state index < -0.39 is 0 Å². The molecule has 3 aromatic rings. The van der Waals surface area contributed by atoms with Gasteiger partial charge < -0.3 is 11.1 Å². The molecule has 21 heavy (non-hydrogen) atoms. The molecule has 0 aliphatic heterocycles. The Morgan fingerprint density at radius 2 is 2.05 bits per heavy atom. The van der Waals surface area contributed by atoms with Gasteiger partial charge in [0.15, 0.2) is 0 Å². The minimum absolute atomic E-state index is 0.378. The number of nitrogens with one attached hydrogen (secondary N) is 1. The maximum absolute atomic E-state index is 5.66. The zero-order valence-corrected chi connectivity index (χ0v) is 13.4. The fraction of sp³-hybridized carbons (Fsp3) is 0. The molecule has 0 fully saturated rings. The molecule has 0 amide bonds. The second-order valence-corrected chi connectivity index (χ2v) is 5.88. The molecule has 0 saturated carbocycles. The average molecular weight is 358 g/mol. The Labute approximate surface area is 136 Å². The normalized spacial score (nSPS) is 10.5. The molecular weight excluding hydrogens is 346 g/mol. The van der Waals surface area contributed by atoms with Crippen molar-refractivity contribution >= 4 is 55.3 Å². The first kappa shape index (κ1) is 14.0. The number of nitrogens with two attached hydrogens (primary N) is 1. The van der Waals surface area contributed by atoms with Gasteiger partial charge in [-0.3, -0.25) is 4.98 Å². The maximum atomic E-state index is 5.66. The molecule has 0 saturated heterocycles. The van der Waals surface area contributed by atoms with Crippen LogP contribution < -0.4 is 11.1 Å². The zero-order valence-electron chi connectivity index (χ0n) is 11.0. The van der Waals surface area contributed by atoms with Crippen LogP contribution in [0.3, 0.4) is 0 Å². The molecule has 104 valence electrons. The summed E-state index contributed by atoms with van der Waals surface area (Å²) in [6, 6.07) is 13.9. The molecule has 0 atom stereocenters. The Morgan fingerprint density at radius 1 is 1.19 bits per heavy atom. The number of hydrogen-bond acceptors (Lipinski definition) is 3. The lowest BCUT2D eigenvalue weighted by Crippen LogP contribution is -2.10. The molecule has 1 aromatic heterocycles. The van der Waals surface area contributed by atoms with E-state index in [1.807, 2.05) is 42.6 Å². The lowest BCUT2D eigenvalue weighted by molar-refractivity contribution is 1.36. The maximum Gasteiger partial charge on any atom is 0.105 e. The third-order valence-corrected chi connectivity index (χ3v) is 4.07. The van der Waals surface area contributed by atoms with E-state index in [-0.39, 0.29) is 0 Å². The molecule has 0 aliphatic rings. The van der Waals surface area contributed by atoms with E-state index in [2.05, 4.69) is 32.3 Å². The van der Waals surface area contributed by atoms with Crippen molar-refractivity contribution in [2.45, 2.75) is 0 Å². The number of fused-ring (bicyclic) bond motifs is 1. The van der Waals surface area contributed by atoms with E-state index in [1.165, 1.54) is 0 Å². The van der Waals surface area contributed by atoms with Crippen molar-refractivity contribution in [1.29, 1.82) is 0 Å². The van der Waals surface area contributed by atoms with Gasteiger partial charge >= 0.3 is 0 Å². The molecule has 3 N–H and O–H groups in total. The number of nitrogens with zero attached hydrogens (tertiary/aromatic N) is 1. The molecule has 0 spiro atoms. The van der Waals surface area contributed by atoms with Crippen LogP contribution in [-0.2, 0) is 0 Å². The van der Waals surface area contributed by atoms with Crippen LogP contribution in [0.15, 0.2) is 59.3 Å². The molecule has 2 aromatic carbocycles. The molecule has 0 unspecified atom stereocenters. The van der Waals surface area contributed by atoms with Crippen molar-refractivity contribution < 1.29 is 0 Å². The first-order valence-corrected chi connectivity index (χ1v) is 7.54. The number of rotatable bonds is 3. The first-order chi connectivity index (χ1) is 10.1. The lowest BCUT2D eigenvalue weighted by Gasteiger charge is -2.11. The molecule has 5 heteroatoms. The highest BCUT2D eigenvalue weighted by molar-refractivity contribution is 9.10. The van der Waals surface area contributed by atoms with Crippen LogP contribution in [0.2, 0.25) is 0 Å². The number of anilines is 2. The molecule has 0 radical (unpaired) electrons. The van der Waals surface area contributed by atoms with E-state index in [0.717, 1.165) is 32.2 Å². The summed E-state index contributed by atoms with van der Waals surface area (Å²) in [5, 5.41) is 5.63. The highest BCUT2D eigenvalue weighted by atomic mass is 79.9. The highest BCUT2D eigenvalue weighted by Crippen LogP contribution is 2.28. The summed E-state index contributed by atoms with van der Waals surface area (Å²) < 4.78 is 0.873. The quantitative estimate of drug-likeness (QED) is 0.683. The third-order valence-electron chi connectivity index (χ3n) is 3.20. The summed E-state index contributed by atoms with van der Waals surface area (Å²) >= 11 is 8.50. The van der Waals surface area contributed by atoms with E-state index in [9.17, 15) is 0 Å². The molecular formula is C16H12BrN3S. The molecule has 3 nitrogen and oxygen atoms in total. The van der Waals surface area contributed by atoms with Crippen molar-refractivity contribution in [3.8, 4) is 0 Å². The van der Waals surface area contributed by atoms with Crippen molar-refractivity contribution in [3.63, 3.8) is 0 Å². The summed E-state index contributed by atoms with van der Waals surface area (Å²) in [6.45, 7) is 0. The van der Waals surface area contributed by atoms with Gasteiger partial charge in [-0.25, -0.2) is 0 Å². The van der Waals surface area contributed by atoms with Crippen LogP contribution in [-0.4, -0.2) is 9.97 Å². The number of thiocarbonyl (C=S) groups is 1. The minimum Gasteiger partial charge on any atom is -0.389 e. The number of halogens is 1. The van der Waals surface area contributed by atoms with Crippen LogP contribution >= 0.6 is 28.1 Å². The van der Waals surface area contributed by atoms with Crippen LogP contribution in [0.5, 0.6) is 0 Å². The Morgan fingerprint density at radius 3 is 2.81 bits per heavy atom. The van der Waals surface area contributed by atoms with Crippen LogP contribution in [0.4, 0.5) is 11.4 Å². The second kappa shape index (κ2) is 5.79. The Kier molecular flexibility index (Phi) is 3.86. The van der Waals surface area contributed by atoms with E-state index in [4.69, 9.17) is 18.0 Å². The van der Waals surface area contributed by atoms with E-state index >= 15 is 0 Å². The van der Waals surface area contributed by atoms with Gasteiger partial charge in [-0.1, -0.05) is 24.4 Å². The first-order valence-electron chi connectivity index (χ1n) is 6.34. The van der Waals surface area contributed by atoms with Crippen LogP contribution in [0.25, 0.3) is 10.8 Å². The molecule has 3 rings (SSSR count). The van der Waals surface area contributed by atoms with Gasteiger partial charge in [0, 0.05) is 39.2 Å². The van der Waals surface area contributed by atoms with Gasteiger partial charge in [-0.05, 0) is 51.6 Å². The fourth-order valence-corrected chi connectivity index (χ4v) is 3.07. The monoisotopic (exact) mass is 357 g/mol. The van der Waals surface area contributed by atoms with Gasteiger partial charge in [0.25, 0.3) is 0 Å². The average Bonchev–Trinajstić information content (AvgIpc) is 2.47. The Hall–Kier alpha value is -1.98. The van der Waals surface area contributed by atoms with E-state index in [0.29, 0.717) is 4.99 Å². The van der Waals surface area contributed by atoms with Crippen molar-refractivity contribution in [1.82, 2.24) is 4.98 Å². The smallest absolute Gasteiger partial charge is 0.105 e. The summed E-state index contributed by atoms with van der Waals surface area (Å²) in [6.07, 6.45) is 3.65. The number of hydrogen-bond donors (Lipinski definition) is 2. The highest BCUT2D eigenvalue weighted by Gasteiger charge is 2.06. The third kappa shape index (κ3) is 2.89. The van der Waals surface area contributed by atoms with Gasteiger partial charge in [0.05, 0.1) is 0 Å². The fourth-order valence-electron chi connectivity index (χ4n) is 2.17. The number of benzene rings is 2. The molecule has 1 heterocycles. The SMILES string of the molecule is NC(=S)c1ccc(Nc2cccc3ccncc23)cc1Br. The second-order valence-electron chi connectivity index (χ2n) is 4.59. The van der Waals surface area contributed by atoms with Crippen LogP contribution in [0, 0.1) is 0 Å². The predicted octanol–water partition coefficient (Wildman–Crippen LogP) is 4.38. The molecule has 0 bridgehead atoms. The Bertz CT molecular complexity index is 827. The predicted molar refractivity (Wildman–Crippen MR) is 95.1 cm³/mol. The number of aromatic nitrogens is 1. The largest absolute Gasteiger partial charge is 0.389 e. The van der Waals surface area contributed by atoms with Crippen LogP contribution in [0.1, 0.15) is 5.56 Å². The van der Waals surface area contributed by atoms with E-state index in [1.54, 1.807) is 6.20 Å². The van der Waals surface area contributed by atoms with Gasteiger partial charge in [0.2, 0.25) is 0 Å². The standard InChI is InChI=1S/C16H12BrN3S/c17-14-8-11(4-5-12(14)16(18)21)20-15-3-1-2-10-6-7-19-9-13(10)15/h1-9,20H,(H2,18,21). The van der Waals surface area contributed by atoms with Gasteiger partial charge in [0.1, 0.15) is 4.99 Å². The lowest BCUT2D eigenvalue weighted by atomic mass is 10.1. The summed E-state index contributed by atoms with van der Waals surface area (Å²) in [4.78, 5) is 4.56. The summed E-state index contributed by atoms with van der Waals surface area (Å²) in [7, 11) is 0. The Balaban J connectivity index is 1.99.